The van der Waals surface area contributed by atoms with Gasteiger partial charge in [-0.1, -0.05) is 13.8 Å². The molecule has 1 aromatic rings. The number of carboxylic acid groups (broad SMARTS) is 1. The highest BCUT2D eigenvalue weighted by molar-refractivity contribution is 7.92. The van der Waals surface area contributed by atoms with E-state index in [1.54, 1.807) is 0 Å². The molecule has 0 radical (unpaired) electrons. The molecule has 0 aliphatic rings. The smallest absolute Gasteiger partial charge is 0.335 e. The lowest BCUT2D eigenvalue weighted by Gasteiger charge is -2.14. The first-order valence-electron chi connectivity index (χ1n) is 6.65. The van der Waals surface area contributed by atoms with Crippen molar-refractivity contribution in [2.75, 3.05) is 5.75 Å². The van der Waals surface area contributed by atoms with Crippen LogP contribution in [0.2, 0.25) is 0 Å². The molecule has 1 amide bonds. The molecule has 21 heavy (non-hydrogen) atoms. The second-order valence-electron chi connectivity index (χ2n) is 4.67. The Morgan fingerprint density at radius 2 is 1.67 bits per heavy atom. The molecule has 0 heterocycles. The van der Waals surface area contributed by atoms with Crippen molar-refractivity contribution in [3.8, 4) is 0 Å². The van der Waals surface area contributed by atoms with Gasteiger partial charge >= 0.3 is 5.97 Å². The molecule has 116 valence electrons. The Morgan fingerprint density at radius 1 is 1.14 bits per heavy atom. The first kappa shape index (κ1) is 17.2. The average molecular weight is 313 g/mol. The van der Waals surface area contributed by atoms with Crippen LogP contribution in [0, 0.1) is 0 Å². The molecule has 0 bridgehead atoms. The number of hydrogen-bond acceptors (Lipinski definition) is 4. The molecular weight excluding hydrogens is 294 g/mol. The Hall–Kier alpha value is -1.89. The minimum atomic E-state index is -3.77. The minimum absolute atomic E-state index is 0.00423. The molecule has 0 aliphatic heterocycles. The van der Waals surface area contributed by atoms with Gasteiger partial charge in [0.2, 0.25) is 5.91 Å². The minimum Gasteiger partial charge on any atom is -0.478 e. The van der Waals surface area contributed by atoms with E-state index < -0.39 is 27.5 Å². The molecule has 1 rings (SSSR count). The fourth-order valence-corrected chi connectivity index (χ4v) is 2.97. The van der Waals surface area contributed by atoms with E-state index in [2.05, 4.69) is 5.32 Å². The number of carbonyl (C=O) groups is 2. The van der Waals surface area contributed by atoms with Crippen molar-refractivity contribution in [2.45, 2.75) is 37.6 Å². The van der Waals surface area contributed by atoms with Gasteiger partial charge in [0.1, 0.15) is 5.75 Å². The predicted molar refractivity (Wildman–Crippen MR) is 78.0 cm³/mol. The van der Waals surface area contributed by atoms with Crippen molar-refractivity contribution in [2.24, 2.45) is 0 Å². The monoisotopic (exact) mass is 313 g/mol. The molecular formula is C14H19NO5S. The van der Waals surface area contributed by atoms with Crippen LogP contribution in [0.25, 0.3) is 0 Å². The highest BCUT2D eigenvalue weighted by atomic mass is 32.2. The number of carboxylic acids is 1. The van der Waals surface area contributed by atoms with Gasteiger partial charge in [-0.25, -0.2) is 13.2 Å². The maximum atomic E-state index is 12.1. The number of benzene rings is 1. The highest BCUT2D eigenvalue weighted by Gasteiger charge is 2.21. The van der Waals surface area contributed by atoms with Crippen molar-refractivity contribution in [1.82, 2.24) is 5.32 Å². The maximum absolute atomic E-state index is 12.1. The maximum Gasteiger partial charge on any atom is 0.335 e. The van der Waals surface area contributed by atoms with E-state index in [9.17, 15) is 18.0 Å². The summed E-state index contributed by atoms with van der Waals surface area (Å²) < 4.78 is 24.1. The van der Waals surface area contributed by atoms with Crippen molar-refractivity contribution in [3.05, 3.63) is 29.8 Å². The number of nitrogens with one attached hydrogen (secondary N) is 1. The molecule has 0 spiro atoms. The van der Waals surface area contributed by atoms with Gasteiger partial charge < -0.3 is 10.4 Å². The summed E-state index contributed by atoms with van der Waals surface area (Å²) in [6, 6.07) is 4.76. The Kier molecular flexibility index (Phi) is 5.90. The molecule has 0 fully saturated rings. The Labute approximate surface area is 124 Å². The van der Waals surface area contributed by atoms with Gasteiger partial charge in [-0.15, -0.1) is 0 Å². The van der Waals surface area contributed by atoms with E-state index in [-0.39, 0.29) is 16.5 Å². The van der Waals surface area contributed by atoms with Gasteiger partial charge in [-0.05, 0) is 37.1 Å². The topological polar surface area (TPSA) is 101 Å². The lowest BCUT2D eigenvalue weighted by molar-refractivity contribution is -0.119. The highest BCUT2D eigenvalue weighted by Crippen LogP contribution is 2.13. The van der Waals surface area contributed by atoms with Gasteiger partial charge in [0.15, 0.2) is 9.84 Å². The summed E-state index contributed by atoms with van der Waals surface area (Å²) in [6.07, 6.45) is 1.46. The Balaban J connectivity index is 2.81. The molecule has 0 atom stereocenters. The molecule has 2 N–H and O–H groups in total. The fourth-order valence-electron chi connectivity index (χ4n) is 1.82. The van der Waals surface area contributed by atoms with Crippen LogP contribution in [-0.2, 0) is 14.6 Å². The SMILES string of the molecule is CCC(CC)NC(=O)CS(=O)(=O)c1ccc(C(=O)O)cc1. The molecule has 1 aromatic carbocycles. The Bertz CT molecular complexity index is 603. The van der Waals surface area contributed by atoms with Crippen molar-refractivity contribution < 1.29 is 23.1 Å². The van der Waals surface area contributed by atoms with Crippen LogP contribution in [0.15, 0.2) is 29.2 Å². The molecule has 0 saturated heterocycles. The summed E-state index contributed by atoms with van der Waals surface area (Å²) in [6.45, 7) is 3.82. The zero-order chi connectivity index (χ0) is 16.0. The first-order valence-corrected chi connectivity index (χ1v) is 8.30. The van der Waals surface area contributed by atoms with E-state index in [0.717, 1.165) is 12.8 Å². The van der Waals surface area contributed by atoms with Crippen LogP contribution in [0.5, 0.6) is 0 Å². The number of aromatic carboxylic acids is 1. The quantitative estimate of drug-likeness (QED) is 0.793. The zero-order valence-corrected chi connectivity index (χ0v) is 12.8. The summed E-state index contributed by atoms with van der Waals surface area (Å²) in [5, 5.41) is 11.4. The van der Waals surface area contributed by atoms with Crippen LogP contribution >= 0.6 is 0 Å². The largest absolute Gasteiger partial charge is 0.478 e. The van der Waals surface area contributed by atoms with Crippen LogP contribution in [0.1, 0.15) is 37.0 Å². The standard InChI is InChI=1S/C14H19NO5S/c1-3-11(4-2)15-13(16)9-21(19,20)12-7-5-10(6-8-12)14(17)18/h5-8,11H,3-4,9H2,1-2H3,(H,15,16)(H,17,18). The normalized spacial score (nSPS) is 11.4. The van der Waals surface area contributed by atoms with Gasteiger partial charge in [-0.2, -0.15) is 0 Å². The van der Waals surface area contributed by atoms with Gasteiger partial charge in [0.25, 0.3) is 0 Å². The lowest BCUT2D eigenvalue weighted by Crippen LogP contribution is -2.37. The summed E-state index contributed by atoms with van der Waals surface area (Å²) in [7, 11) is -3.77. The van der Waals surface area contributed by atoms with Gasteiger partial charge in [0, 0.05) is 6.04 Å². The van der Waals surface area contributed by atoms with Crippen LogP contribution in [0.4, 0.5) is 0 Å². The van der Waals surface area contributed by atoms with E-state index >= 15 is 0 Å². The van der Waals surface area contributed by atoms with Crippen LogP contribution in [-0.4, -0.2) is 37.2 Å². The first-order chi connectivity index (χ1) is 9.80. The summed E-state index contributed by atoms with van der Waals surface area (Å²) in [4.78, 5) is 22.4. The molecule has 7 heteroatoms. The van der Waals surface area contributed by atoms with E-state index in [0.29, 0.717) is 0 Å². The molecule has 0 aromatic heterocycles. The molecule has 0 saturated carbocycles. The number of rotatable bonds is 7. The van der Waals surface area contributed by atoms with E-state index in [1.807, 2.05) is 13.8 Å². The second-order valence-corrected chi connectivity index (χ2v) is 6.66. The van der Waals surface area contributed by atoms with Crippen LogP contribution in [0.3, 0.4) is 0 Å². The van der Waals surface area contributed by atoms with E-state index in [1.165, 1.54) is 24.3 Å². The van der Waals surface area contributed by atoms with E-state index in [4.69, 9.17) is 5.11 Å². The molecule has 0 unspecified atom stereocenters. The Morgan fingerprint density at radius 3 is 2.10 bits per heavy atom. The van der Waals surface area contributed by atoms with Crippen molar-refractivity contribution >= 4 is 21.7 Å². The van der Waals surface area contributed by atoms with Crippen molar-refractivity contribution in [3.63, 3.8) is 0 Å². The summed E-state index contributed by atoms with van der Waals surface area (Å²) >= 11 is 0. The predicted octanol–water partition coefficient (Wildman–Crippen LogP) is 1.46. The third-order valence-corrected chi connectivity index (χ3v) is 4.76. The number of sulfone groups is 1. The fraction of sp³-hybridized carbons (Fsp3) is 0.429. The summed E-state index contributed by atoms with van der Waals surface area (Å²) in [5.41, 5.74) is -0.00423. The molecule has 6 nitrogen and oxygen atoms in total. The van der Waals surface area contributed by atoms with Crippen molar-refractivity contribution in [1.29, 1.82) is 0 Å². The van der Waals surface area contributed by atoms with Gasteiger partial charge in [-0.3, -0.25) is 4.79 Å². The number of carbonyl (C=O) groups excluding carboxylic acids is 1. The molecule has 0 aliphatic carbocycles. The zero-order valence-electron chi connectivity index (χ0n) is 12.0. The summed E-state index contributed by atoms with van der Waals surface area (Å²) in [5.74, 6) is -2.33. The lowest BCUT2D eigenvalue weighted by atomic mass is 10.2. The van der Waals surface area contributed by atoms with Gasteiger partial charge in [0.05, 0.1) is 10.5 Å². The second kappa shape index (κ2) is 7.21. The number of hydrogen-bond donors (Lipinski definition) is 2. The third-order valence-electron chi connectivity index (χ3n) is 3.13. The number of amides is 1. The third kappa shape index (κ3) is 4.86. The van der Waals surface area contributed by atoms with Crippen LogP contribution < -0.4 is 5.32 Å². The average Bonchev–Trinajstić information content (AvgIpc) is 2.44.